The fraction of sp³-hybridized carbons (Fsp3) is 0.0952. The topological polar surface area (TPSA) is 87.6 Å². The van der Waals surface area contributed by atoms with Crippen LogP contribution in [0.25, 0.3) is 10.2 Å². The second kappa shape index (κ2) is 8.17. The highest BCUT2D eigenvalue weighted by molar-refractivity contribution is 7.22. The lowest BCUT2D eigenvalue weighted by atomic mass is 10.2. The molecule has 2 aromatic carbocycles. The molecule has 0 aliphatic carbocycles. The molecule has 0 saturated heterocycles. The molecular formula is C21H17ClN4O3S. The summed E-state index contributed by atoms with van der Waals surface area (Å²) in [5.74, 6) is -0.715. The number of ether oxygens (including phenoxy) is 1. The number of pyridine rings is 1. The summed E-state index contributed by atoms with van der Waals surface area (Å²) in [5.41, 5.74) is 2.43. The molecular weight excluding hydrogens is 424 g/mol. The number of hydrogen-bond acceptors (Lipinski definition) is 7. The van der Waals surface area contributed by atoms with E-state index in [0.717, 1.165) is 21.6 Å². The Kier molecular flexibility index (Phi) is 5.43. The third-order valence-corrected chi connectivity index (χ3v) is 5.77. The Morgan fingerprint density at radius 3 is 2.80 bits per heavy atom. The van der Waals surface area contributed by atoms with Gasteiger partial charge in [-0.3, -0.25) is 10.1 Å². The molecule has 152 valence electrons. The molecule has 4 aromatic rings. The van der Waals surface area contributed by atoms with Crippen LogP contribution in [-0.2, 0) is 0 Å². The molecule has 0 atom stereocenters. The molecule has 4 rings (SSSR count). The van der Waals surface area contributed by atoms with Gasteiger partial charge >= 0.3 is 0 Å². The van der Waals surface area contributed by atoms with Crippen molar-refractivity contribution in [2.45, 2.75) is 0 Å². The number of anilines is 3. The third kappa shape index (κ3) is 3.74. The lowest BCUT2D eigenvalue weighted by molar-refractivity contribution is 0.101. The molecule has 0 spiro atoms. The number of carbonyl (C=O) groups is 1. The van der Waals surface area contributed by atoms with Gasteiger partial charge in [0.1, 0.15) is 0 Å². The van der Waals surface area contributed by atoms with Crippen LogP contribution in [0.2, 0.25) is 5.02 Å². The van der Waals surface area contributed by atoms with Crippen molar-refractivity contribution < 1.29 is 14.6 Å². The number of nitrogens with zero attached hydrogens (tertiary/aromatic N) is 3. The molecule has 1 amide bonds. The van der Waals surface area contributed by atoms with Gasteiger partial charge < -0.3 is 14.7 Å². The van der Waals surface area contributed by atoms with Crippen molar-refractivity contribution >= 4 is 55.6 Å². The molecule has 0 fully saturated rings. The fourth-order valence-corrected chi connectivity index (χ4v) is 4.12. The van der Waals surface area contributed by atoms with Gasteiger partial charge in [0.05, 0.1) is 28.0 Å². The van der Waals surface area contributed by atoms with E-state index >= 15 is 0 Å². The van der Waals surface area contributed by atoms with Crippen LogP contribution in [-0.4, -0.2) is 35.1 Å². The number of methoxy groups -OCH3 is 1. The molecule has 9 heteroatoms. The van der Waals surface area contributed by atoms with Crippen LogP contribution in [0.4, 0.5) is 16.5 Å². The molecule has 0 bridgehead atoms. The Labute approximate surface area is 181 Å². The number of amides is 1. The highest BCUT2D eigenvalue weighted by Crippen LogP contribution is 2.35. The number of carbonyl (C=O) groups excluding carboxylic acids is 1. The van der Waals surface area contributed by atoms with Crippen LogP contribution in [0.1, 0.15) is 10.5 Å². The second-order valence-electron chi connectivity index (χ2n) is 6.35. The lowest BCUT2D eigenvalue weighted by Crippen LogP contribution is -2.13. The number of thiazole rings is 1. The Morgan fingerprint density at radius 1 is 1.23 bits per heavy atom. The minimum atomic E-state index is -0.570. The Morgan fingerprint density at radius 2 is 2.03 bits per heavy atom. The third-order valence-electron chi connectivity index (χ3n) is 4.52. The van der Waals surface area contributed by atoms with Gasteiger partial charge in [-0.1, -0.05) is 35.1 Å². The Bertz CT molecular complexity index is 1240. The maximum absolute atomic E-state index is 12.5. The number of rotatable bonds is 5. The molecule has 2 N–H and O–H groups in total. The minimum absolute atomic E-state index is 0.132. The summed E-state index contributed by atoms with van der Waals surface area (Å²) in [4.78, 5) is 22.9. The summed E-state index contributed by atoms with van der Waals surface area (Å²) < 4.78 is 5.91. The molecule has 7 nitrogen and oxygen atoms in total. The van der Waals surface area contributed by atoms with E-state index in [1.165, 1.54) is 30.7 Å². The molecule has 2 heterocycles. The Balaban J connectivity index is 1.60. The smallest absolute Gasteiger partial charge is 0.280 e. The van der Waals surface area contributed by atoms with Gasteiger partial charge in [0.25, 0.3) is 5.91 Å². The van der Waals surface area contributed by atoms with Crippen molar-refractivity contribution in [2.75, 3.05) is 24.4 Å². The maximum atomic E-state index is 12.5. The van der Waals surface area contributed by atoms with Crippen molar-refractivity contribution in [3.8, 4) is 11.5 Å². The molecule has 0 unspecified atom stereocenters. The minimum Gasteiger partial charge on any atom is -0.503 e. The second-order valence-corrected chi connectivity index (χ2v) is 7.78. The summed E-state index contributed by atoms with van der Waals surface area (Å²) >= 11 is 7.63. The zero-order valence-electron chi connectivity index (χ0n) is 16.1. The highest BCUT2D eigenvalue weighted by atomic mass is 35.5. The normalized spacial score (nSPS) is 10.8. The van der Waals surface area contributed by atoms with Crippen LogP contribution in [0.3, 0.4) is 0 Å². The van der Waals surface area contributed by atoms with E-state index in [2.05, 4.69) is 15.3 Å². The number of halogens is 1. The first-order chi connectivity index (χ1) is 14.5. The summed E-state index contributed by atoms with van der Waals surface area (Å²) in [5, 5.41) is 13.9. The van der Waals surface area contributed by atoms with Crippen LogP contribution in [0, 0.1) is 0 Å². The number of para-hydroxylation sites is 1. The molecule has 0 radical (unpaired) electrons. The number of aromatic hydroxyl groups is 1. The van der Waals surface area contributed by atoms with Gasteiger partial charge in [0.15, 0.2) is 22.3 Å². The van der Waals surface area contributed by atoms with Gasteiger partial charge in [-0.25, -0.2) is 9.97 Å². The van der Waals surface area contributed by atoms with Gasteiger partial charge in [-0.15, -0.1) is 0 Å². The van der Waals surface area contributed by atoms with Crippen LogP contribution < -0.4 is 15.0 Å². The average Bonchev–Trinajstić information content (AvgIpc) is 3.15. The van der Waals surface area contributed by atoms with Crippen LogP contribution in [0.5, 0.6) is 11.5 Å². The first-order valence-corrected chi connectivity index (χ1v) is 10.1. The number of nitrogens with one attached hydrogen (secondary N) is 1. The molecule has 0 saturated carbocycles. The predicted molar refractivity (Wildman–Crippen MR) is 120 cm³/mol. The van der Waals surface area contributed by atoms with Crippen molar-refractivity contribution in [3.05, 3.63) is 65.4 Å². The summed E-state index contributed by atoms with van der Waals surface area (Å²) in [7, 11) is 3.34. The molecule has 2 aromatic heterocycles. The van der Waals surface area contributed by atoms with Crippen molar-refractivity contribution in [1.82, 2.24) is 9.97 Å². The summed E-state index contributed by atoms with van der Waals surface area (Å²) in [6.45, 7) is 0. The number of hydrogen-bond donors (Lipinski definition) is 2. The lowest BCUT2D eigenvalue weighted by Gasteiger charge is -2.20. The van der Waals surface area contributed by atoms with Crippen molar-refractivity contribution in [1.29, 1.82) is 0 Å². The van der Waals surface area contributed by atoms with E-state index in [9.17, 15) is 9.90 Å². The van der Waals surface area contributed by atoms with Crippen LogP contribution >= 0.6 is 22.9 Å². The van der Waals surface area contributed by atoms with Crippen molar-refractivity contribution in [3.63, 3.8) is 0 Å². The SMILES string of the molecule is COc1ccnc(C(=O)Nc2nc3ccc(N(C)c4ccccc4Cl)cc3s2)c1O. The first kappa shape index (κ1) is 19.9. The van der Waals surface area contributed by atoms with E-state index in [1.54, 1.807) is 0 Å². The monoisotopic (exact) mass is 440 g/mol. The van der Waals surface area contributed by atoms with E-state index in [4.69, 9.17) is 16.3 Å². The van der Waals surface area contributed by atoms with E-state index in [-0.39, 0.29) is 17.2 Å². The zero-order chi connectivity index (χ0) is 21.3. The number of aromatic nitrogens is 2. The van der Waals surface area contributed by atoms with Crippen LogP contribution in [0.15, 0.2) is 54.7 Å². The van der Waals surface area contributed by atoms with Crippen molar-refractivity contribution in [2.24, 2.45) is 0 Å². The van der Waals surface area contributed by atoms with E-state index in [0.29, 0.717) is 10.2 Å². The highest BCUT2D eigenvalue weighted by Gasteiger charge is 2.18. The zero-order valence-corrected chi connectivity index (χ0v) is 17.7. The molecule has 30 heavy (non-hydrogen) atoms. The van der Waals surface area contributed by atoms with Gasteiger partial charge in [-0.05, 0) is 30.3 Å². The Hall–Kier alpha value is -3.36. The average molecular weight is 441 g/mol. The largest absolute Gasteiger partial charge is 0.503 e. The van der Waals surface area contributed by atoms with E-state index < -0.39 is 5.91 Å². The quantitative estimate of drug-likeness (QED) is 0.450. The predicted octanol–water partition coefficient (Wildman–Crippen LogP) is 5.08. The van der Waals surface area contributed by atoms with E-state index in [1.807, 2.05) is 54.4 Å². The number of benzene rings is 2. The van der Waals surface area contributed by atoms with Gasteiger partial charge in [0.2, 0.25) is 0 Å². The maximum Gasteiger partial charge on any atom is 0.280 e. The molecule has 0 aliphatic heterocycles. The molecule has 0 aliphatic rings. The fourth-order valence-electron chi connectivity index (χ4n) is 2.96. The summed E-state index contributed by atoms with van der Waals surface area (Å²) in [6.07, 6.45) is 1.39. The van der Waals surface area contributed by atoms with Gasteiger partial charge in [-0.2, -0.15) is 0 Å². The summed E-state index contributed by atoms with van der Waals surface area (Å²) in [6, 6.07) is 14.9. The van der Waals surface area contributed by atoms with Gasteiger partial charge in [0, 0.05) is 25.0 Å². The first-order valence-electron chi connectivity index (χ1n) is 8.90. The number of fused-ring (bicyclic) bond motifs is 1. The standard InChI is InChI=1S/C21H17ClN4O3S/c1-26(15-6-4-3-5-13(15)22)12-7-8-14-17(11-12)30-21(24-14)25-20(28)18-19(27)16(29-2)9-10-23-18/h3-11,27H,1-2H3,(H,24,25,28).